The molecule has 1 saturated carbocycles. The third-order valence-corrected chi connectivity index (χ3v) is 5.91. The van der Waals surface area contributed by atoms with Crippen molar-refractivity contribution in [2.24, 2.45) is 0 Å². The van der Waals surface area contributed by atoms with Crippen LogP contribution in [0.4, 0.5) is 16.2 Å². The lowest BCUT2D eigenvalue weighted by molar-refractivity contribution is 0.130. The first-order valence-corrected chi connectivity index (χ1v) is 11.4. The number of fused-ring (bicyclic) bond motifs is 1. The van der Waals surface area contributed by atoms with E-state index in [2.05, 4.69) is 20.1 Å². The number of carbonyl (C=O) groups excluding carboxylic acids is 1. The van der Waals surface area contributed by atoms with Gasteiger partial charge in [0.1, 0.15) is 5.75 Å². The molecule has 0 aliphatic heterocycles. The topological polar surface area (TPSA) is 117 Å². The van der Waals surface area contributed by atoms with E-state index in [0.717, 1.165) is 35.0 Å². The second-order valence-electron chi connectivity index (χ2n) is 8.74. The van der Waals surface area contributed by atoms with E-state index in [1.165, 1.54) is 6.42 Å². The zero-order valence-corrected chi connectivity index (χ0v) is 19.4. The predicted octanol–water partition coefficient (Wildman–Crippen LogP) is 6.06. The normalized spacial score (nSPS) is 13.8. The lowest BCUT2D eigenvalue weighted by atomic mass is 9.92. The first kappa shape index (κ1) is 21.8. The highest BCUT2D eigenvalue weighted by Gasteiger charge is 2.27. The molecule has 2 heterocycles. The molecule has 1 fully saturated rings. The molecule has 0 bridgehead atoms. The van der Waals surface area contributed by atoms with Gasteiger partial charge in [-0.25, -0.2) is 4.79 Å². The fourth-order valence-corrected chi connectivity index (χ4v) is 4.19. The van der Waals surface area contributed by atoms with Gasteiger partial charge < -0.3 is 24.2 Å². The van der Waals surface area contributed by atoms with E-state index in [1.807, 2.05) is 56.3 Å². The Hall–Kier alpha value is -4.01. The van der Waals surface area contributed by atoms with Gasteiger partial charge in [-0.3, -0.25) is 5.32 Å². The summed E-state index contributed by atoms with van der Waals surface area (Å²) < 4.78 is 18.6. The smallest absolute Gasteiger partial charge is 0.420 e. The Morgan fingerprint density at radius 3 is 2.56 bits per heavy atom. The van der Waals surface area contributed by atoms with E-state index in [1.54, 1.807) is 6.92 Å². The van der Waals surface area contributed by atoms with Gasteiger partial charge in [0.2, 0.25) is 5.89 Å². The second kappa shape index (κ2) is 8.74. The maximum atomic E-state index is 11.9. The van der Waals surface area contributed by atoms with Crippen molar-refractivity contribution in [1.29, 1.82) is 0 Å². The molecule has 9 nitrogen and oxygen atoms in total. The molecule has 0 spiro atoms. The van der Waals surface area contributed by atoms with Crippen molar-refractivity contribution in [2.45, 2.75) is 52.2 Å². The summed E-state index contributed by atoms with van der Waals surface area (Å²) in [7, 11) is 0. The molecule has 0 atom stereocenters. The van der Waals surface area contributed by atoms with E-state index < -0.39 is 6.09 Å². The Balaban J connectivity index is 1.51. The molecule has 176 valence electrons. The SMILES string of the molecule is Cc1nnc(Oc2ccc3c(N)c(-c4ccc(NC(=O)OC(C)C)cc4)n(C4CCC4)c3c2)o1. The molecule has 0 saturated heterocycles. The lowest BCUT2D eigenvalue weighted by Crippen LogP contribution is -2.18. The highest BCUT2D eigenvalue weighted by atomic mass is 16.6. The molecule has 1 amide bonds. The number of nitrogen functional groups attached to an aromatic ring is 1. The van der Waals surface area contributed by atoms with Crippen LogP contribution in [0.1, 0.15) is 45.0 Å². The molecule has 1 aliphatic rings. The molecule has 4 aromatic rings. The molecule has 0 radical (unpaired) electrons. The van der Waals surface area contributed by atoms with Crippen LogP contribution in [-0.2, 0) is 4.74 Å². The number of anilines is 2. The predicted molar refractivity (Wildman–Crippen MR) is 129 cm³/mol. The van der Waals surface area contributed by atoms with Gasteiger partial charge in [0.15, 0.2) is 0 Å². The standard InChI is InChI=1S/C25H27N5O4/c1-14(2)32-24(31)27-17-9-7-16(8-10-17)23-22(26)20-12-11-19(34-25-29-28-15(3)33-25)13-21(20)30(23)18-5-4-6-18/h7-14,18H,4-6,26H2,1-3H3,(H,27,31). The van der Waals surface area contributed by atoms with Gasteiger partial charge in [0.05, 0.1) is 23.0 Å². The summed E-state index contributed by atoms with van der Waals surface area (Å²) in [6.45, 7) is 5.33. The highest BCUT2D eigenvalue weighted by molar-refractivity contribution is 6.01. The number of rotatable bonds is 6. The van der Waals surface area contributed by atoms with Crippen LogP contribution in [0.5, 0.6) is 11.8 Å². The van der Waals surface area contributed by atoms with Crippen LogP contribution in [0.2, 0.25) is 0 Å². The molecule has 9 heteroatoms. The summed E-state index contributed by atoms with van der Waals surface area (Å²) >= 11 is 0. The Morgan fingerprint density at radius 2 is 1.94 bits per heavy atom. The third-order valence-electron chi connectivity index (χ3n) is 5.91. The number of amides is 1. The van der Waals surface area contributed by atoms with Crippen LogP contribution in [0.25, 0.3) is 22.2 Å². The number of ether oxygens (including phenoxy) is 2. The third kappa shape index (κ3) is 4.16. The summed E-state index contributed by atoms with van der Waals surface area (Å²) in [4.78, 5) is 11.9. The van der Waals surface area contributed by atoms with Crippen LogP contribution in [0, 0.1) is 6.92 Å². The van der Waals surface area contributed by atoms with Gasteiger partial charge in [0, 0.05) is 35.7 Å². The molecule has 2 aromatic carbocycles. The summed E-state index contributed by atoms with van der Waals surface area (Å²) in [6, 6.07) is 13.8. The van der Waals surface area contributed by atoms with Crippen LogP contribution in [0.3, 0.4) is 0 Å². The van der Waals surface area contributed by atoms with Gasteiger partial charge >= 0.3 is 12.2 Å². The van der Waals surface area contributed by atoms with Crippen molar-refractivity contribution in [2.75, 3.05) is 11.1 Å². The molecule has 34 heavy (non-hydrogen) atoms. The summed E-state index contributed by atoms with van der Waals surface area (Å²) in [5.41, 5.74) is 11.0. The number of aryl methyl sites for hydroxylation is 1. The summed E-state index contributed by atoms with van der Waals surface area (Å²) in [6.07, 6.45) is 2.80. The maximum absolute atomic E-state index is 11.9. The average molecular weight is 462 g/mol. The van der Waals surface area contributed by atoms with E-state index >= 15 is 0 Å². The zero-order chi connectivity index (χ0) is 23.8. The van der Waals surface area contributed by atoms with Gasteiger partial charge in [-0.1, -0.05) is 17.2 Å². The Bertz CT molecular complexity index is 1340. The number of nitrogens with zero attached hydrogens (tertiary/aromatic N) is 3. The molecule has 2 aromatic heterocycles. The van der Waals surface area contributed by atoms with Gasteiger partial charge in [0.25, 0.3) is 0 Å². The molecule has 5 rings (SSSR count). The zero-order valence-electron chi connectivity index (χ0n) is 19.4. The van der Waals surface area contributed by atoms with E-state index in [9.17, 15) is 4.79 Å². The maximum Gasteiger partial charge on any atom is 0.420 e. The fraction of sp³-hybridized carbons (Fsp3) is 0.320. The van der Waals surface area contributed by atoms with Crippen molar-refractivity contribution in [3.63, 3.8) is 0 Å². The first-order chi connectivity index (χ1) is 16.4. The molecule has 1 aliphatic carbocycles. The highest BCUT2D eigenvalue weighted by Crippen LogP contribution is 2.45. The summed E-state index contributed by atoms with van der Waals surface area (Å²) in [5.74, 6) is 1.04. The number of benzene rings is 2. The van der Waals surface area contributed by atoms with Crippen molar-refractivity contribution < 1.29 is 18.7 Å². The second-order valence-corrected chi connectivity index (χ2v) is 8.74. The molecule has 3 N–H and O–H groups in total. The summed E-state index contributed by atoms with van der Waals surface area (Å²) in [5, 5.41) is 11.4. The Morgan fingerprint density at radius 1 is 1.18 bits per heavy atom. The van der Waals surface area contributed by atoms with E-state index in [4.69, 9.17) is 19.6 Å². The minimum Gasteiger partial charge on any atom is -0.447 e. The Kier molecular flexibility index (Phi) is 5.61. The number of carbonyl (C=O) groups is 1. The number of aromatic nitrogens is 3. The Labute approximate surface area is 196 Å². The number of nitrogens with one attached hydrogen (secondary N) is 1. The first-order valence-electron chi connectivity index (χ1n) is 11.4. The van der Waals surface area contributed by atoms with Crippen molar-refractivity contribution in [3.8, 4) is 23.1 Å². The van der Waals surface area contributed by atoms with Gasteiger partial charge in [-0.05, 0) is 57.4 Å². The lowest BCUT2D eigenvalue weighted by Gasteiger charge is -2.30. The minimum absolute atomic E-state index is 0.103. The largest absolute Gasteiger partial charge is 0.447 e. The van der Waals surface area contributed by atoms with E-state index in [-0.39, 0.29) is 12.2 Å². The molecular weight excluding hydrogens is 434 g/mol. The average Bonchev–Trinajstić information content (AvgIpc) is 3.28. The fourth-order valence-electron chi connectivity index (χ4n) is 4.19. The van der Waals surface area contributed by atoms with Crippen LogP contribution < -0.4 is 15.8 Å². The van der Waals surface area contributed by atoms with Crippen molar-refractivity contribution >= 4 is 28.4 Å². The van der Waals surface area contributed by atoms with E-state index in [0.29, 0.717) is 29.1 Å². The van der Waals surface area contributed by atoms with Crippen LogP contribution in [0.15, 0.2) is 46.9 Å². The van der Waals surface area contributed by atoms with Gasteiger partial charge in [-0.2, -0.15) is 0 Å². The number of hydrogen-bond acceptors (Lipinski definition) is 7. The minimum atomic E-state index is -0.477. The van der Waals surface area contributed by atoms with Crippen LogP contribution >= 0.6 is 0 Å². The van der Waals surface area contributed by atoms with Crippen molar-refractivity contribution in [3.05, 3.63) is 48.4 Å². The van der Waals surface area contributed by atoms with Crippen LogP contribution in [-0.4, -0.2) is 27.0 Å². The van der Waals surface area contributed by atoms with Crippen molar-refractivity contribution in [1.82, 2.24) is 14.8 Å². The molecule has 0 unspecified atom stereocenters. The molecular formula is C25H27N5O4. The monoisotopic (exact) mass is 461 g/mol. The quantitative estimate of drug-likeness (QED) is 0.358. The number of hydrogen-bond donors (Lipinski definition) is 2. The number of nitrogens with two attached hydrogens (primary N) is 1. The van der Waals surface area contributed by atoms with Gasteiger partial charge in [-0.15, -0.1) is 5.10 Å².